The SMILES string of the molecule is C=C/C=C\C=C1/CC(=O)C(OC(C)=O)(c2cc(Cl)cc(Cl)c2OC(C)=O)C1=O. The first-order valence-electron chi connectivity index (χ1n) is 8.07. The van der Waals surface area contributed by atoms with Crippen LogP contribution in [-0.2, 0) is 29.5 Å². The Balaban J connectivity index is 2.79. The third-order valence-electron chi connectivity index (χ3n) is 3.83. The number of halogens is 2. The maximum Gasteiger partial charge on any atom is 0.308 e. The summed E-state index contributed by atoms with van der Waals surface area (Å²) >= 11 is 12.2. The van der Waals surface area contributed by atoms with Crippen molar-refractivity contribution in [2.75, 3.05) is 0 Å². The highest BCUT2D eigenvalue weighted by Gasteiger charge is 2.58. The van der Waals surface area contributed by atoms with Gasteiger partial charge < -0.3 is 9.47 Å². The van der Waals surface area contributed by atoms with E-state index in [-0.39, 0.29) is 33.4 Å². The van der Waals surface area contributed by atoms with E-state index in [4.69, 9.17) is 32.7 Å². The van der Waals surface area contributed by atoms with Gasteiger partial charge in [0, 0.05) is 30.9 Å². The molecule has 0 N–H and O–H groups in total. The van der Waals surface area contributed by atoms with Gasteiger partial charge >= 0.3 is 11.9 Å². The third kappa shape index (κ3) is 4.08. The number of hydrogen-bond donors (Lipinski definition) is 0. The summed E-state index contributed by atoms with van der Waals surface area (Å²) in [6, 6.07) is 2.49. The smallest absolute Gasteiger partial charge is 0.308 e. The number of carbonyl (C=O) groups is 4. The van der Waals surface area contributed by atoms with Gasteiger partial charge in [0.2, 0.25) is 5.78 Å². The van der Waals surface area contributed by atoms with Crippen molar-refractivity contribution in [3.63, 3.8) is 0 Å². The predicted molar refractivity (Wildman–Crippen MR) is 103 cm³/mol. The Labute approximate surface area is 171 Å². The average Bonchev–Trinajstić information content (AvgIpc) is 2.81. The van der Waals surface area contributed by atoms with Gasteiger partial charge in [-0.25, -0.2) is 0 Å². The van der Waals surface area contributed by atoms with Crippen molar-refractivity contribution in [1.29, 1.82) is 0 Å². The van der Waals surface area contributed by atoms with E-state index in [1.807, 2.05) is 0 Å². The van der Waals surface area contributed by atoms with Crippen molar-refractivity contribution < 1.29 is 28.7 Å². The molecule has 8 heteroatoms. The number of hydrogen-bond acceptors (Lipinski definition) is 6. The number of ketones is 2. The van der Waals surface area contributed by atoms with Crippen LogP contribution in [0.4, 0.5) is 0 Å². The molecule has 28 heavy (non-hydrogen) atoms. The first kappa shape index (κ1) is 21.6. The molecule has 1 fully saturated rings. The van der Waals surface area contributed by atoms with E-state index >= 15 is 0 Å². The van der Waals surface area contributed by atoms with E-state index in [1.54, 1.807) is 6.08 Å². The van der Waals surface area contributed by atoms with Crippen molar-refractivity contribution in [1.82, 2.24) is 0 Å². The van der Waals surface area contributed by atoms with E-state index in [1.165, 1.54) is 30.4 Å². The summed E-state index contributed by atoms with van der Waals surface area (Å²) in [7, 11) is 0. The van der Waals surface area contributed by atoms with Gasteiger partial charge in [0.15, 0.2) is 11.5 Å². The molecule has 0 radical (unpaired) electrons. The van der Waals surface area contributed by atoms with E-state index < -0.39 is 29.1 Å². The van der Waals surface area contributed by atoms with E-state index in [0.29, 0.717) is 0 Å². The largest absolute Gasteiger partial charge is 0.437 e. The molecule has 2 rings (SSSR count). The lowest BCUT2D eigenvalue weighted by molar-refractivity contribution is -0.169. The molecule has 0 spiro atoms. The average molecular weight is 423 g/mol. The fourth-order valence-corrected chi connectivity index (χ4v) is 3.36. The zero-order valence-corrected chi connectivity index (χ0v) is 16.6. The predicted octanol–water partition coefficient (Wildman–Crippen LogP) is 3.89. The van der Waals surface area contributed by atoms with E-state index in [2.05, 4.69) is 6.58 Å². The Kier molecular flexibility index (Phi) is 6.59. The van der Waals surface area contributed by atoms with E-state index in [9.17, 15) is 19.2 Å². The molecular weight excluding hydrogens is 407 g/mol. The molecule has 1 aromatic rings. The zero-order chi connectivity index (χ0) is 21.1. The monoisotopic (exact) mass is 422 g/mol. The van der Waals surface area contributed by atoms with Gasteiger partial charge in [-0.05, 0) is 12.1 Å². The van der Waals surface area contributed by atoms with Crippen molar-refractivity contribution in [2.24, 2.45) is 0 Å². The minimum absolute atomic E-state index is 0.0620. The number of esters is 2. The quantitative estimate of drug-likeness (QED) is 0.235. The van der Waals surface area contributed by atoms with Crippen LogP contribution in [0.1, 0.15) is 25.8 Å². The molecule has 1 aliphatic carbocycles. The Hall–Kier alpha value is -2.70. The molecule has 146 valence electrons. The van der Waals surface area contributed by atoms with Crippen LogP contribution in [-0.4, -0.2) is 23.5 Å². The van der Waals surface area contributed by atoms with Crippen LogP contribution in [0.25, 0.3) is 0 Å². The summed E-state index contributed by atoms with van der Waals surface area (Å²) in [5.41, 5.74) is -2.45. The Bertz CT molecular complexity index is 944. The normalized spacial score (nSPS) is 20.6. The zero-order valence-electron chi connectivity index (χ0n) is 15.1. The fourth-order valence-electron chi connectivity index (χ4n) is 2.83. The number of allylic oxidation sites excluding steroid dienone is 4. The number of ether oxygens (including phenoxy) is 2. The molecule has 6 nitrogen and oxygen atoms in total. The maximum atomic E-state index is 13.2. The molecule has 0 saturated heterocycles. The lowest BCUT2D eigenvalue weighted by Crippen LogP contribution is -2.43. The molecule has 0 aliphatic heterocycles. The van der Waals surface area contributed by atoms with Crippen LogP contribution in [0, 0.1) is 0 Å². The van der Waals surface area contributed by atoms with Crippen LogP contribution >= 0.6 is 23.2 Å². The van der Waals surface area contributed by atoms with Crippen LogP contribution < -0.4 is 4.74 Å². The second kappa shape index (κ2) is 8.54. The Morgan fingerprint density at radius 3 is 2.39 bits per heavy atom. The number of carbonyl (C=O) groups excluding carboxylic acids is 4. The molecule has 1 aromatic carbocycles. The molecule has 0 bridgehead atoms. The van der Waals surface area contributed by atoms with Gasteiger partial charge in [-0.1, -0.05) is 54.1 Å². The summed E-state index contributed by atoms with van der Waals surface area (Å²) in [5, 5.41) is -0.0548. The van der Waals surface area contributed by atoms with Gasteiger partial charge in [-0.15, -0.1) is 0 Å². The third-order valence-corrected chi connectivity index (χ3v) is 4.33. The summed E-state index contributed by atoms with van der Waals surface area (Å²) in [4.78, 5) is 49.4. The highest BCUT2D eigenvalue weighted by atomic mass is 35.5. The Morgan fingerprint density at radius 1 is 1.14 bits per heavy atom. The van der Waals surface area contributed by atoms with Crippen molar-refractivity contribution in [3.05, 3.63) is 64.2 Å². The van der Waals surface area contributed by atoms with Crippen LogP contribution in [0.5, 0.6) is 5.75 Å². The molecular formula is C20H16Cl2O6. The molecule has 1 saturated carbocycles. The molecule has 1 atom stereocenters. The second-order valence-electron chi connectivity index (χ2n) is 5.87. The Morgan fingerprint density at radius 2 is 1.82 bits per heavy atom. The lowest BCUT2D eigenvalue weighted by Gasteiger charge is -2.27. The summed E-state index contributed by atoms with van der Waals surface area (Å²) in [5.74, 6) is -3.38. The lowest BCUT2D eigenvalue weighted by atomic mass is 9.88. The molecule has 1 aliphatic rings. The highest BCUT2D eigenvalue weighted by Crippen LogP contribution is 2.47. The van der Waals surface area contributed by atoms with Crippen molar-refractivity contribution in [3.8, 4) is 5.75 Å². The van der Waals surface area contributed by atoms with Gasteiger partial charge in [0.25, 0.3) is 5.60 Å². The van der Waals surface area contributed by atoms with Crippen LogP contribution in [0.15, 0.2) is 48.6 Å². The van der Waals surface area contributed by atoms with Gasteiger partial charge in [-0.2, -0.15) is 0 Å². The maximum absolute atomic E-state index is 13.2. The van der Waals surface area contributed by atoms with Gasteiger partial charge in [0.05, 0.1) is 10.6 Å². The fraction of sp³-hybridized carbons (Fsp3) is 0.200. The van der Waals surface area contributed by atoms with E-state index in [0.717, 1.165) is 13.8 Å². The van der Waals surface area contributed by atoms with Crippen LogP contribution in [0.3, 0.4) is 0 Å². The summed E-state index contributed by atoms with van der Waals surface area (Å²) in [6.07, 6.45) is 5.71. The molecule has 0 heterocycles. The van der Waals surface area contributed by atoms with Crippen molar-refractivity contribution in [2.45, 2.75) is 25.9 Å². The highest BCUT2D eigenvalue weighted by molar-refractivity contribution is 6.36. The number of benzene rings is 1. The number of rotatable bonds is 5. The second-order valence-corrected chi connectivity index (χ2v) is 6.72. The minimum atomic E-state index is -2.35. The van der Waals surface area contributed by atoms with Gasteiger partial charge in [-0.3, -0.25) is 19.2 Å². The number of Topliss-reactive ketones (excluding diaryl/α,β-unsaturated/α-hetero) is 2. The first-order valence-corrected chi connectivity index (χ1v) is 8.83. The summed E-state index contributed by atoms with van der Waals surface area (Å²) in [6.45, 7) is 5.69. The topological polar surface area (TPSA) is 86.7 Å². The summed E-state index contributed by atoms with van der Waals surface area (Å²) < 4.78 is 10.4. The van der Waals surface area contributed by atoms with Crippen LogP contribution in [0.2, 0.25) is 10.0 Å². The molecule has 0 aromatic heterocycles. The van der Waals surface area contributed by atoms with Gasteiger partial charge in [0.1, 0.15) is 0 Å². The molecule has 0 amide bonds. The first-order chi connectivity index (χ1) is 13.1. The standard InChI is InChI=1S/C20H16Cl2O6/c1-4-5-6-7-13-8-17(25)20(19(13)26,28-12(3)24)15-9-14(21)10-16(22)18(15)27-11(2)23/h4-7,9-10H,1,8H2,2-3H3/b6-5-,13-7+. The van der Waals surface area contributed by atoms with Crippen molar-refractivity contribution >= 4 is 46.7 Å². The molecule has 1 unspecified atom stereocenters. The minimum Gasteiger partial charge on any atom is -0.437 e.